The van der Waals surface area contributed by atoms with Gasteiger partial charge in [0.1, 0.15) is 0 Å². The Labute approximate surface area is 84.5 Å². The second-order valence-corrected chi connectivity index (χ2v) is 10.9. The molecule has 13 heavy (non-hydrogen) atoms. The van der Waals surface area contributed by atoms with Crippen molar-refractivity contribution in [3.63, 3.8) is 0 Å². The zero-order chi connectivity index (χ0) is 10.9. The number of hydrogen-bond donors (Lipinski definition) is 2. The zero-order valence-corrected chi connectivity index (χ0v) is 10.8. The van der Waals surface area contributed by atoms with Crippen molar-refractivity contribution < 1.29 is 18.8 Å². The van der Waals surface area contributed by atoms with E-state index in [1.807, 2.05) is 19.6 Å². The molecular formula is C6H16ClO4PSi. The Hall–Kier alpha value is 0.617. The molecule has 0 aliphatic rings. The molecule has 0 aliphatic carbocycles. The third-order valence-electron chi connectivity index (χ3n) is 1.25. The fraction of sp³-hybridized carbons (Fsp3) is 1.00. The third-order valence-corrected chi connectivity index (χ3v) is 4.51. The first kappa shape index (κ1) is 13.6. The molecule has 0 saturated heterocycles. The lowest BCUT2D eigenvalue weighted by Gasteiger charge is -2.26. The van der Waals surface area contributed by atoms with Gasteiger partial charge in [-0.2, -0.15) is 0 Å². The Morgan fingerprint density at radius 2 is 1.77 bits per heavy atom. The van der Waals surface area contributed by atoms with Gasteiger partial charge in [0.2, 0.25) is 0 Å². The highest BCUT2D eigenvalue weighted by Crippen LogP contribution is 2.46. The molecule has 0 spiro atoms. The van der Waals surface area contributed by atoms with Crippen LogP contribution in [0.3, 0.4) is 0 Å². The Bertz CT molecular complexity index is 211. The second kappa shape index (κ2) is 4.42. The van der Waals surface area contributed by atoms with Gasteiger partial charge in [-0.25, -0.2) is 0 Å². The van der Waals surface area contributed by atoms with Gasteiger partial charge in [0, 0.05) is 0 Å². The van der Waals surface area contributed by atoms with E-state index < -0.39 is 27.1 Å². The van der Waals surface area contributed by atoms with Crippen molar-refractivity contribution >= 4 is 27.5 Å². The molecule has 0 aromatic rings. The molecule has 0 radical (unpaired) electrons. The predicted molar refractivity (Wildman–Crippen MR) is 55.6 cm³/mol. The third kappa shape index (κ3) is 5.83. The average molecular weight is 247 g/mol. The highest BCUT2D eigenvalue weighted by molar-refractivity contribution is 7.54. The average Bonchev–Trinajstić information content (AvgIpc) is 1.79. The van der Waals surface area contributed by atoms with E-state index in [9.17, 15) is 4.57 Å². The molecule has 0 fully saturated rings. The van der Waals surface area contributed by atoms with E-state index in [-0.39, 0.29) is 0 Å². The molecule has 0 saturated carbocycles. The quantitative estimate of drug-likeness (QED) is 0.452. The number of halogens is 1. The van der Waals surface area contributed by atoms with Crippen molar-refractivity contribution in [2.45, 2.75) is 37.8 Å². The van der Waals surface area contributed by atoms with E-state index in [1.165, 1.54) is 0 Å². The summed E-state index contributed by atoms with van der Waals surface area (Å²) in [4.78, 5) is 17.5. The van der Waals surface area contributed by atoms with Gasteiger partial charge < -0.3 is 14.2 Å². The summed E-state index contributed by atoms with van der Waals surface area (Å²) >= 11 is 5.55. The summed E-state index contributed by atoms with van der Waals surface area (Å²) in [6.45, 7) is 7.39. The molecule has 0 aromatic carbocycles. The minimum atomic E-state index is -4.24. The normalized spacial score (nSPS) is 18.4. The maximum atomic E-state index is 10.8. The van der Waals surface area contributed by atoms with Crippen LogP contribution in [0.25, 0.3) is 0 Å². The summed E-state index contributed by atoms with van der Waals surface area (Å²) in [5.74, 6) is 0. The van der Waals surface area contributed by atoms with Crippen LogP contribution in [0.15, 0.2) is 0 Å². The summed E-state index contributed by atoms with van der Waals surface area (Å²) < 4.78 is 16.2. The minimum Gasteiger partial charge on any atom is -0.413 e. The van der Waals surface area contributed by atoms with Gasteiger partial charge in [-0.05, 0) is 26.6 Å². The fourth-order valence-electron chi connectivity index (χ4n) is 0.887. The molecule has 0 heterocycles. The van der Waals surface area contributed by atoms with Crippen molar-refractivity contribution in [3.05, 3.63) is 0 Å². The van der Waals surface area contributed by atoms with Gasteiger partial charge in [0.15, 0.2) is 13.4 Å². The van der Waals surface area contributed by atoms with E-state index >= 15 is 0 Å². The number of rotatable bonds is 4. The molecule has 4 nitrogen and oxygen atoms in total. The lowest BCUT2D eigenvalue weighted by molar-refractivity contribution is 0.215. The second-order valence-electron chi connectivity index (χ2n) is 3.90. The van der Waals surface area contributed by atoms with Crippen LogP contribution in [0.4, 0.5) is 0 Å². The van der Waals surface area contributed by atoms with Crippen LogP contribution >= 0.6 is 19.2 Å². The van der Waals surface area contributed by atoms with Crippen LogP contribution < -0.4 is 0 Å². The van der Waals surface area contributed by atoms with Gasteiger partial charge in [-0.1, -0.05) is 0 Å². The largest absolute Gasteiger partial charge is 0.413 e. The number of hydrogen-bond acceptors (Lipinski definition) is 2. The van der Waals surface area contributed by atoms with E-state index in [4.69, 9.17) is 25.8 Å². The molecule has 0 aliphatic heterocycles. The lowest BCUT2D eigenvalue weighted by Crippen LogP contribution is -2.35. The molecule has 80 valence electrons. The highest BCUT2D eigenvalue weighted by Gasteiger charge is 2.34. The van der Waals surface area contributed by atoms with Crippen molar-refractivity contribution in [3.8, 4) is 0 Å². The summed E-state index contributed by atoms with van der Waals surface area (Å²) in [5.41, 5.74) is 0. The van der Waals surface area contributed by atoms with E-state index in [1.54, 1.807) is 6.92 Å². The van der Waals surface area contributed by atoms with Gasteiger partial charge in [0.25, 0.3) is 0 Å². The van der Waals surface area contributed by atoms with Gasteiger partial charge in [0.05, 0.1) is 6.10 Å². The smallest absolute Gasteiger partial charge is 0.345 e. The lowest BCUT2D eigenvalue weighted by atomic mass is 10.5. The standard InChI is InChI=1S/C6H16ClO4PSi/c1-5(11-13(2,3)4)6(7)12(8,9)10/h5-6H,1-4H3,(H2,8,9,10). The first-order chi connectivity index (χ1) is 5.54. The highest BCUT2D eigenvalue weighted by atomic mass is 35.5. The first-order valence-electron chi connectivity index (χ1n) is 3.91. The van der Waals surface area contributed by atoms with Crippen LogP contribution in [0, 0.1) is 0 Å². The monoisotopic (exact) mass is 246 g/mol. The first-order valence-corrected chi connectivity index (χ1v) is 9.44. The maximum absolute atomic E-state index is 10.8. The van der Waals surface area contributed by atoms with Crippen molar-refractivity contribution in [2.75, 3.05) is 0 Å². The molecule has 0 amide bonds. The summed E-state index contributed by atoms with van der Waals surface area (Å²) in [6.07, 6.45) is -0.617. The Balaban J connectivity index is 4.29. The Kier molecular flexibility index (Phi) is 4.63. The van der Waals surface area contributed by atoms with Crippen molar-refractivity contribution in [1.29, 1.82) is 0 Å². The van der Waals surface area contributed by atoms with Crippen LogP contribution in [0.5, 0.6) is 0 Å². The molecule has 2 atom stereocenters. The molecule has 7 heteroatoms. The van der Waals surface area contributed by atoms with Crippen LogP contribution in [0.1, 0.15) is 6.92 Å². The summed E-state index contributed by atoms with van der Waals surface area (Å²) in [6, 6.07) is 0. The van der Waals surface area contributed by atoms with Crippen LogP contribution in [-0.2, 0) is 8.99 Å². The van der Waals surface area contributed by atoms with Crippen LogP contribution in [0.2, 0.25) is 19.6 Å². The molecule has 2 unspecified atom stereocenters. The zero-order valence-electron chi connectivity index (χ0n) is 8.19. The topological polar surface area (TPSA) is 66.8 Å². The van der Waals surface area contributed by atoms with E-state index in [0.29, 0.717) is 0 Å². The summed E-state index contributed by atoms with van der Waals surface area (Å²) in [7, 11) is -6.03. The molecule has 2 N–H and O–H groups in total. The van der Waals surface area contributed by atoms with Crippen LogP contribution in [-0.4, -0.2) is 29.3 Å². The predicted octanol–water partition coefficient (Wildman–Crippen LogP) is 1.97. The minimum absolute atomic E-state index is 0.617. The Morgan fingerprint density at radius 3 is 2.00 bits per heavy atom. The van der Waals surface area contributed by atoms with Gasteiger partial charge >= 0.3 is 7.60 Å². The SMILES string of the molecule is CC(O[Si](C)(C)C)C(Cl)P(=O)(O)O. The van der Waals surface area contributed by atoms with Gasteiger partial charge in [-0.3, -0.25) is 4.57 Å². The number of alkyl halides is 1. The van der Waals surface area contributed by atoms with Crippen molar-refractivity contribution in [1.82, 2.24) is 0 Å². The summed E-state index contributed by atoms with van der Waals surface area (Å²) in [5, 5.41) is -1.25. The molecular weight excluding hydrogens is 231 g/mol. The maximum Gasteiger partial charge on any atom is 0.345 e. The van der Waals surface area contributed by atoms with E-state index in [2.05, 4.69) is 0 Å². The molecule has 0 aromatic heterocycles. The van der Waals surface area contributed by atoms with E-state index in [0.717, 1.165) is 0 Å². The van der Waals surface area contributed by atoms with Gasteiger partial charge in [-0.15, -0.1) is 11.6 Å². The fourth-order valence-corrected chi connectivity index (χ4v) is 3.00. The molecule has 0 rings (SSSR count). The molecule has 0 bridgehead atoms. The van der Waals surface area contributed by atoms with Crippen molar-refractivity contribution in [2.24, 2.45) is 0 Å². The Morgan fingerprint density at radius 1 is 1.38 bits per heavy atom.